The van der Waals surface area contributed by atoms with Gasteiger partial charge in [-0.25, -0.2) is 4.99 Å². The lowest BCUT2D eigenvalue weighted by Crippen LogP contribution is -2.39. The Labute approximate surface area is 178 Å². The van der Waals surface area contributed by atoms with Gasteiger partial charge in [-0.1, -0.05) is 12.1 Å². The molecule has 0 aromatic heterocycles. The van der Waals surface area contributed by atoms with Crippen LogP contribution in [0.5, 0.6) is 0 Å². The Balaban J connectivity index is 0.00000364. The largest absolute Gasteiger partial charge is 0.357 e. The number of carbonyl (C=O) groups is 2. The number of benzene rings is 1. The molecule has 0 radical (unpaired) electrons. The minimum Gasteiger partial charge on any atom is -0.357 e. The molecule has 2 rings (SSSR count). The van der Waals surface area contributed by atoms with Crippen molar-refractivity contribution in [3.8, 4) is 0 Å². The van der Waals surface area contributed by atoms with E-state index in [0.29, 0.717) is 13.0 Å². The number of hydrogen-bond donors (Lipinski definition) is 3. The normalized spacial score (nSPS) is 13.9. The van der Waals surface area contributed by atoms with Crippen LogP contribution in [0.1, 0.15) is 38.7 Å². The SMILES string of the molecule is CCNC(=NCc1cccc(NC(C)=O)c1)NCCCN1CCCC1=O.I. The van der Waals surface area contributed by atoms with Gasteiger partial charge in [0.15, 0.2) is 5.96 Å². The van der Waals surface area contributed by atoms with E-state index >= 15 is 0 Å². The molecule has 1 fully saturated rings. The fourth-order valence-electron chi connectivity index (χ4n) is 2.88. The predicted octanol–water partition coefficient (Wildman–Crippen LogP) is 2.33. The molecule has 3 N–H and O–H groups in total. The Morgan fingerprint density at radius 3 is 2.78 bits per heavy atom. The maximum Gasteiger partial charge on any atom is 0.222 e. The van der Waals surface area contributed by atoms with E-state index in [1.807, 2.05) is 36.1 Å². The molecule has 0 saturated carbocycles. The number of likely N-dealkylation sites (tertiary alicyclic amines) is 1. The van der Waals surface area contributed by atoms with E-state index < -0.39 is 0 Å². The highest BCUT2D eigenvalue weighted by Gasteiger charge is 2.18. The standard InChI is InChI=1S/C19H29N5O2.HI/c1-3-20-19(21-10-6-12-24-11-5-9-18(24)26)22-14-16-7-4-8-17(13-16)23-15(2)25;/h4,7-8,13H,3,5-6,9-12,14H2,1-2H3,(H,23,25)(H2,20,21,22);1H. The van der Waals surface area contributed by atoms with Crippen LogP contribution in [0.3, 0.4) is 0 Å². The summed E-state index contributed by atoms with van der Waals surface area (Å²) in [5.41, 5.74) is 1.80. The van der Waals surface area contributed by atoms with Gasteiger partial charge in [0.1, 0.15) is 0 Å². The highest BCUT2D eigenvalue weighted by molar-refractivity contribution is 14.0. The average molecular weight is 487 g/mol. The summed E-state index contributed by atoms with van der Waals surface area (Å²) in [5.74, 6) is 0.937. The molecule has 0 aliphatic carbocycles. The van der Waals surface area contributed by atoms with Crippen molar-refractivity contribution in [1.82, 2.24) is 15.5 Å². The van der Waals surface area contributed by atoms with E-state index in [1.165, 1.54) is 6.92 Å². The lowest BCUT2D eigenvalue weighted by atomic mass is 10.2. The fraction of sp³-hybridized carbons (Fsp3) is 0.526. The van der Waals surface area contributed by atoms with Crippen LogP contribution in [0.4, 0.5) is 5.69 Å². The zero-order valence-electron chi connectivity index (χ0n) is 16.1. The second kappa shape index (κ2) is 12.5. The van der Waals surface area contributed by atoms with Crippen molar-refractivity contribution in [1.29, 1.82) is 0 Å². The Morgan fingerprint density at radius 2 is 2.11 bits per heavy atom. The van der Waals surface area contributed by atoms with Crippen molar-refractivity contribution in [3.63, 3.8) is 0 Å². The molecule has 27 heavy (non-hydrogen) atoms. The zero-order valence-corrected chi connectivity index (χ0v) is 18.4. The third-order valence-corrected chi connectivity index (χ3v) is 4.08. The van der Waals surface area contributed by atoms with Crippen molar-refractivity contribution in [3.05, 3.63) is 29.8 Å². The maximum atomic E-state index is 11.6. The monoisotopic (exact) mass is 487 g/mol. The molecule has 1 aliphatic heterocycles. The number of rotatable bonds is 8. The fourth-order valence-corrected chi connectivity index (χ4v) is 2.88. The Bertz CT molecular complexity index is 651. The van der Waals surface area contributed by atoms with Gasteiger partial charge in [-0.05, 0) is 37.5 Å². The van der Waals surface area contributed by atoms with Crippen LogP contribution in [0, 0.1) is 0 Å². The van der Waals surface area contributed by atoms with Crippen LogP contribution >= 0.6 is 24.0 Å². The van der Waals surface area contributed by atoms with Crippen LogP contribution in [-0.4, -0.2) is 48.9 Å². The van der Waals surface area contributed by atoms with Crippen molar-refractivity contribution in [2.75, 3.05) is 31.5 Å². The third kappa shape index (κ3) is 8.59. The molecular weight excluding hydrogens is 457 g/mol. The van der Waals surface area contributed by atoms with E-state index in [4.69, 9.17) is 0 Å². The first kappa shape index (κ1) is 23.2. The van der Waals surface area contributed by atoms with Gasteiger partial charge in [-0.2, -0.15) is 0 Å². The van der Waals surface area contributed by atoms with Gasteiger partial charge < -0.3 is 20.9 Å². The second-order valence-corrected chi connectivity index (χ2v) is 6.34. The molecule has 8 heteroatoms. The molecule has 150 valence electrons. The predicted molar refractivity (Wildman–Crippen MR) is 119 cm³/mol. The molecule has 1 aliphatic rings. The quantitative estimate of drug-likeness (QED) is 0.228. The lowest BCUT2D eigenvalue weighted by Gasteiger charge is -2.16. The van der Waals surface area contributed by atoms with Crippen LogP contribution in [0.25, 0.3) is 0 Å². The zero-order chi connectivity index (χ0) is 18.8. The molecule has 1 aromatic carbocycles. The first-order chi connectivity index (χ1) is 12.6. The van der Waals surface area contributed by atoms with E-state index in [2.05, 4.69) is 20.9 Å². The second-order valence-electron chi connectivity index (χ2n) is 6.34. The molecule has 0 spiro atoms. The number of halogens is 1. The van der Waals surface area contributed by atoms with Crippen molar-refractivity contribution < 1.29 is 9.59 Å². The number of guanidine groups is 1. The third-order valence-electron chi connectivity index (χ3n) is 4.08. The lowest BCUT2D eigenvalue weighted by molar-refractivity contribution is -0.127. The minimum absolute atomic E-state index is 0. The number of carbonyl (C=O) groups excluding carboxylic acids is 2. The smallest absolute Gasteiger partial charge is 0.222 e. The van der Waals surface area contributed by atoms with Gasteiger partial charge in [0.25, 0.3) is 0 Å². The Kier molecular flexibility index (Phi) is 10.8. The number of nitrogens with one attached hydrogen (secondary N) is 3. The molecule has 1 aromatic rings. The van der Waals surface area contributed by atoms with Gasteiger partial charge in [-0.15, -0.1) is 24.0 Å². The van der Waals surface area contributed by atoms with Gasteiger partial charge in [0.05, 0.1) is 6.54 Å². The topological polar surface area (TPSA) is 85.8 Å². The summed E-state index contributed by atoms with van der Waals surface area (Å²) in [5, 5.41) is 9.31. The summed E-state index contributed by atoms with van der Waals surface area (Å²) < 4.78 is 0. The van der Waals surface area contributed by atoms with Crippen LogP contribution < -0.4 is 16.0 Å². The Hall–Kier alpha value is -1.84. The van der Waals surface area contributed by atoms with Crippen LogP contribution in [0.2, 0.25) is 0 Å². The molecule has 0 unspecified atom stereocenters. The maximum absolute atomic E-state index is 11.6. The minimum atomic E-state index is -0.0860. The Morgan fingerprint density at radius 1 is 1.30 bits per heavy atom. The van der Waals surface area contributed by atoms with Crippen LogP contribution in [0.15, 0.2) is 29.3 Å². The number of amides is 2. The summed E-state index contributed by atoms with van der Waals surface area (Å²) >= 11 is 0. The van der Waals surface area contributed by atoms with Crippen LogP contribution in [-0.2, 0) is 16.1 Å². The molecule has 2 amide bonds. The summed E-state index contributed by atoms with van der Waals surface area (Å²) in [4.78, 5) is 29.3. The average Bonchev–Trinajstić information content (AvgIpc) is 3.01. The van der Waals surface area contributed by atoms with E-state index in [9.17, 15) is 9.59 Å². The highest BCUT2D eigenvalue weighted by atomic mass is 127. The molecule has 0 atom stereocenters. The van der Waals surface area contributed by atoms with Crippen molar-refractivity contribution >= 4 is 47.4 Å². The van der Waals surface area contributed by atoms with E-state index in [1.54, 1.807) is 0 Å². The van der Waals surface area contributed by atoms with E-state index in [0.717, 1.165) is 56.2 Å². The first-order valence-electron chi connectivity index (χ1n) is 9.25. The van der Waals surface area contributed by atoms with Gasteiger partial charge >= 0.3 is 0 Å². The molecule has 1 heterocycles. The van der Waals surface area contributed by atoms with Gasteiger partial charge in [0, 0.05) is 45.2 Å². The summed E-state index contributed by atoms with van der Waals surface area (Å²) in [6, 6.07) is 7.67. The number of nitrogens with zero attached hydrogens (tertiary/aromatic N) is 2. The molecule has 7 nitrogen and oxygen atoms in total. The van der Waals surface area contributed by atoms with Gasteiger partial charge in [-0.3, -0.25) is 9.59 Å². The number of anilines is 1. The summed E-state index contributed by atoms with van der Waals surface area (Å²) in [7, 11) is 0. The van der Waals surface area contributed by atoms with Crippen molar-refractivity contribution in [2.24, 2.45) is 4.99 Å². The number of hydrogen-bond acceptors (Lipinski definition) is 3. The molecule has 0 bridgehead atoms. The van der Waals surface area contributed by atoms with Gasteiger partial charge in [0.2, 0.25) is 11.8 Å². The first-order valence-corrected chi connectivity index (χ1v) is 9.25. The summed E-state index contributed by atoms with van der Waals surface area (Å²) in [6.07, 6.45) is 2.57. The van der Waals surface area contributed by atoms with E-state index in [-0.39, 0.29) is 35.8 Å². The molecule has 1 saturated heterocycles. The van der Waals surface area contributed by atoms with Crippen molar-refractivity contribution in [2.45, 2.75) is 39.7 Å². The highest BCUT2D eigenvalue weighted by Crippen LogP contribution is 2.11. The summed E-state index contributed by atoms with van der Waals surface area (Å²) in [6.45, 7) is 7.27. The molecular formula is C19H30IN5O2. The number of aliphatic imine (C=N–C) groups is 1.